The summed E-state index contributed by atoms with van der Waals surface area (Å²) in [7, 11) is 1.69. The van der Waals surface area contributed by atoms with E-state index < -0.39 is 0 Å². The highest BCUT2D eigenvalue weighted by atomic mass is 79.9. The zero-order valence-corrected chi connectivity index (χ0v) is 13.2. The van der Waals surface area contributed by atoms with Gasteiger partial charge in [-0.3, -0.25) is 14.2 Å². The maximum atomic E-state index is 12.3. The van der Waals surface area contributed by atoms with Crippen molar-refractivity contribution in [3.63, 3.8) is 0 Å². The lowest BCUT2D eigenvalue weighted by Crippen LogP contribution is -2.27. The standard InChI is InChI=1S/C11H9BrN6O2S/c1-17-9-7(8(12)16-17)10(20)18(5-14-9)4-6(19)15-11-13-2-3-21-11/h2-3,5H,4H2,1H3,(H,13,15,19). The fraction of sp³-hybridized carbons (Fsp3) is 0.182. The number of carbonyl (C=O) groups excluding carboxylic acids is 1. The van der Waals surface area contributed by atoms with E-state index in [2.05, 4.69) is 36.3 Å². The van der Waals surface area contributed by atoms with Gasteiger partial charge in [0.15, 0.2) is 10.8 Å². The molecule has 0 unspecified atom stereocenters. The number of thiazole rings is 1. The molecule has 0 bridgehead atoms. The van der Waals surface area contributed by atoms with Crippen molar-refractivity contribution in [1.29, 1.82) is 0 Å². The topological polar surface area (TPSA) is 94.7 Å². The van der Waals surface area contributed by atoms with E-state index in [1.807, 2.05) is 0 Å². The Labute approximate surface area is 130 Å². The molecular weight excluding hydrogens is 360 g/mol. The summed E-state index contributed by atoms with van der Waals surface area (Å²) in [5.74, 6) is -0.340. The highest BCUT2D eigenvalue weighted by molar-refractivity contribution is 9.10. The lowest BCUT2D eigenvalue weighted by atomic mass is 10.4. The third-order valence-electron chi connectivity index (χ3n) is 2.76. The molecule has 0 aliphatic rings. The Bertz CT molecular complexity index is 869. The molecule has 1 N–H and O–H groups in total. The molecule has 0 aromatic carbocycles. The summed E-state index contributed by atoms with van der Waals surface area (Å²) in [6, 6.07) is 0. The van der Waals surface area contributed by atoms with Crippen LogP contribution in [0.15, 0.2) is 27.3 Å². The Morgan fingerprint density at radius 2 is 2.29 bits per heavy atom. The summed E-state index contributed by atoms with van der Waals surface area (Å²) in [5, 5.41) is 9.29. The summed E-state index contributed by atoms with van der Waals surface area (Å²) in [6.45, 7) is -0.136. The summed E-state index contributed by atoms with van der Waals surface area (Å²) in [5.41, 5.74) is 0.137. The molecule has 0 aliphatic heterocycles. The third-order valence-corrected chi connectivity index (χ3v) is 4.00. The largest absolute Gasteiger partial charge is 0.300 e. The van der Waals surface area contributed by atoms with Crippen molar-refractivity contribution >= 4 is 49.3 Å². The number of fused-ring (bicyclic) bond motifs is 1. The number of carbonyl (C=O) groups is 1. The minimum absolute atomic E-state index is 0.136. The van der Waals surface area contributed by atoms with Crippen molar-refractivity contribution in [3.8, 4) is 0 Å². The summed E-state index contributed by atoms with van der Waals surface area (Å²) in [6.07, 6.45) is 2.92. The maximum Gasteiger partial charge on any atom is 0.266 e. The first-order valence-corrected chi connectivity index (χ1v) is 7.50. The van der Waals surface area contributed by atoms with Crippen molar-refractivity contribution in [1.82, 2.24) is 24.3 Å². The van der Waals surface area contributed by atoms with Crippen LogP contribution in [0.4, 0.5) is 5.13 Å². The molecule has 3 heterocycles. The van der Waals surface area contributed by atoms with Gasteiger partial charge in [-0.15, -0.1) is 11.3 Å². The first-order valence-electron chi connectivity index (χ1n) is 5.83. The summed E-state index contributed by atoms with van der Waals surface area (Å²) < 4.78 is 3.14. The lowest BCUT2D eigenvalue weighted by Gasteiger charge is -2.05. The molecule has 1 amide bonds. The zero-order valence-electron chi connectivity index (χ0n) is 10.8. The average molecular weight is 369 g/mol. The van der Waals surface area contributed by atoms with E-state index in [4.69, 9.17) is 0 Å². The van der Waals surface area contributed by atoms with Crippen molar-refractivity contribution < 1.29 is 4.79 Å². The van der Waals surface area contributed by atoms with E-state index in [1.165, 1.54) is 26.9 Å². The van der Waals surface area contributed by atoms with Gasteiger partial charge in [0.1, 0.15) is 22.9 Å². The van der Waals surface area contributed by atoms with Gasteiger partial charge in [0.05, 0.1) is 0 Å². The fourth-order valence-corrected chi connectivity index (χ4v) is 2.98. The lowest BCUT2D eigenvalue weighted by molar-refractivity contribution is -0.116. The van der Waals surface area contributed by atoms with Gasteiger partial charge in [-0.05, 0) is 15.9 Å². The van der Waals surface area contributed by atoms with Crippen molar-refractivity contribution in [2.24, 2.45) is 7.05 Å². The molecule has 0 saturated heterocycles. The SMILES string of the molecule is Cn1nc(Br)c2c(=O)n(CC(=O)Nc3nccs3)cnc21. The van der Waals surface area contributed by atoms with E-state index in [1.54, 1.807) is 18.6 Å². The predicted molar refractivity (Wildman–Crippen MR) is 81.2 cm³/mol. The smallest absolute Gasteiger partial charge is 0.266 e. The molecule has 0 saturated carbocycles. The minimum atomic E-state index is -0.340. The number of nitrogens with zero attached hydrogens (tertiary/aromatic N) is 5. The van der Waals surface area contributed by atoms with E-state index >= 15 is 0 Å². The number of aromatic nitrogens is 5. The number of aryl methyl sites for hydroxylation is 1. The first-order chi connectivity index (χ1) is 10.1. The van der Waals surface area contributed by atoms with Crippen molar-refractivity contribution in [3.05, 3.63) is 32.9 Å². The number of halogens is 1. The number of anilines is 1. The second-order valence-electron chi connectivity index (χ2n) is 4.18. The Morgan fingerprint density at radius 3 is 3.00 bits per heavy atom. The second kappa shape index (κ2) is 5.37. The van der Waals surface area contributed by atoms with Crippen LogP contribution in [0.5, 0.6) is 0 Å². The molecule has 0 aliphatic carbocycles. The van der Waals surface area contributed by atoms with Gasteiger partial charge in [-0.1, -0.05) is 0 Å². The molecule has 0 radical (unpaired) electrons. The Hall–Kier alpha value is -2.07. The molecule has 3 aromatic rings. The van der Waals surface area contributed by atoms with Crippen molar-refractivity contribution in [2.75, 3.05) is 5.32 Å². The highest BCUT2D eigenvalue weighted by Crippen LogP contribution is 2.16. The molecule has 3 aromatic heterocycles. The van der Waals surface area contributed by atoms with Gasteiger partial charge in [0.25, 0.3) is 5.56 Å². The van der Waals surface area contributed by atoms with Crippen LogP contribution >= 0.6 is 27.3 Å². The minimum Gasteiger partial charge on any atom is -0.300 e. The molecule has 0 atom stereocenters. The molecule has 0 spiro atoms. The molecular formula is C11H9BrN6O2S. The average Bonchev–Trinajstić information content (AvgIpc) is 3.02. The summed E-state index contributed by atoms with van der Waals surface area (Å²) >= 11 is 4.53. The number of amides is 1. The van der Waals surface area contributed by atoms with E-state index in [0.717, 1.165) is 0 Å². The van der Waals surface area contributed by atoms with Gasteiger partial charge in [0.2, 0.25) is 5.91 Å². The second-order valence-corrected chi connectivity index (χ2v) is 5.82. The number of hydrogen-bond donors (Lipinski definition) is 1. The number of nitrogens with one attached hydrogen (secondary N) is 1. The van der Waals surface area contributed by atoms with E-state index in [0.29, 0.717) is 20.8 Å². The van der Waals surface area contributed by atoms with Crippen LogP contribution in [-0.4, -0.2) is 30.2 Å². The van der Waals surface area contributed by atoms with Gasteiger partial charge < -0.3 is 5.32 Å². The van der Waals surface area contributed by atoms with Crippen LogP contribution in [0.2, 0.25) is 0 Å². The summed E-state index contributed by atoms with van der Waals surface area (Å²) in [4.78, 5) is 32.3. The molecule has 10 heteroatoms. The van der Waals surface area contributed by atoms with E-state index in [-0.39, 0.29) is 18.0 Å². The van der Waals surface area contributed by atoms with Gasteiger partial charge >= 0.3 is 0 Å². The van der Waals surface area contributed by atoms with Crippen LogP contribution in [0.1, 0.15) is 0 Å². The van der Waals surface area contributed by atoms with Gasteiger partial charge in [-0.2, -0.15) is 5.10 Å². The maximum absolute atomic E-state index is 12.3. The Balaban J connectivity index is 1.91. The van der Waals surface area contributed by atoms with Crippen LogP contribution in [0, 0.1) is 0 Å². The van der Waals surface area contributed by atoms with E-state index in [9.17, 15) is 9.59 Å². The zero-order chi connectivity index (χ0) is 15.0. The molecule has 3 rings (SSSR count). The van der Waals surface area contributed by atoms with Crippen molar-refractivity contribution in [2.45, 2.75) is 6.54 Å². The predicted octanol–water partition coefficient (Wildman–Crippen LogP) is 0.988. The van der Waals surface area contributed by atoms with Gasteiger partial charge in [-0.25, -0.2) is 14.6 Å². The molecule has 21 heavy (non-hydrogen) atoms. The normalized spacial score (nSPS) is 11.0. The van der Waals surface area contributed by atoms with Gasteiger partial charge in [0, 0.05) is 18.6 Å². The third kappa shape index (κ3) is 2.59. The quantitative estimate of drug-likeness (QED) is 0.743. The molecule has 0 fully saturated rings. The highest BCUT2D eigenvalue weighted by Gasteiger charge is 2.15. The molecule has 8 nitrogen and oxygen atoms in total. The number of hydrogen-bond acceptors (Lipinski definition) is 6. The Kier molecular flexibility index (Phi) is 3.55. The Morgan fingerprint density at radius 1 is 1.48 bits per heavy atom. The van der Waals surface area contributed by atoms with Crippen LogP contribution in [0.25, 0.3) is 11.0 Å². The monoisotopic (exact) mass is 368 g/mol. The van der Waals surface area contributed by atoms with Crippen LogP contribution < -0.4 is 10.9 Å². The molecule has 108 valence electrons. The van der Waals surface area contributed by atoms with Crippen LogP contribution in [0.3, 0.4) is 0 Å². The van der Waals surface area contributed by atoms with Crippen LogP contribution in [-0.2, 0) is 18.4 Å². The first kappa shape index (κ1) is 13.9. The number of rotatable bonds is 3. The fourth-order valence-electron chi connectivity index (χ4n) is 1.85.